The van der Waals surface area contributed by atoms with E-state index in [1.165, 1.54) is 11.3 Å². The summed E-state index contributed by atoms with van der Waals surface area (Å²) in [5.74, 6) is 1.04. The van der Waals surface area contributed by atoms with Gasteiger partial charge in [-0.1, -0.05) is 5.16 Å². The Labute approximate surface area is 132 Å². The van der Waals surface area contributed by atoms with Gasteiger partial charge in [-0.3, -0.25) is 0 Å². The van der Waals surface area contributed by atoms with Crippen molar-refractivity contribution in [2.75, 3.05) is 6.26 Å². The summed E-state index contributed by atoms with van der Waals surface area (Å²) in [5, 5.41) is 5.73. The number of hydrogen-bond acceptors (Lipinski definition) is 7. The Morgan fingerprint density at radius 2 is 1.91 bits per heavy atom. The normalized spacial score (nSPS) is 13.8. The van der Waals surface area contributed by atoms with Crippen LogP contribution in [0.3, 0.4) is 0 Å². The average molecular weight is 334 g/mol. The summed E-state index contributed by atoms with van der Waals surface area (Å²) < 4.78 is 22.5. The summed E-state index contributed by atoms with van der Waals surface area (Å²) in [6.45, 7) is 3.61. The molecule has 3 aromatic rings. The van der Waals surface area contributed by atoms with Crippen LogP contribution in [0.1, 0.15) is 11.6 Å². The molecule has 22 heavy (non-hydrogen) atoms. The molecular weight excluding hydrogens is 320 g/mol. The van der Waals surface area contributed by atoms with E-state index in [-0.39, 0.29) is 0 Å². The Balaban J connectivity index is 1.93. The molecule has 0 amide bonds. The molecule has 6 nitrogen and oxygen atoms in total. The maximum Gasteiger partial charge on any atom is 0.223 e. The molecule has 0 bridgehead atoms. The molecule has 1 atom stereocenters. The van der Waals surface area contributed by atoms with Gasteiger partial charge in [0.2, 0.25) is 11.7 Å². The zero-order valence-electron chi connectivity index (χ0n) is 12.3. The fraction of sp³-hybridized carbons (Fsp3) is 0.214. The van der Waals surface area contributed by atoms with E-state index >= 15 is 0 Å². The summed E-state index contributed by atoms with van der Waals surface area (Å²) in [5.41, 5.74) is 2.31. The fourth-order valence-electron chi connectivity index (χ4n) is 1.83. The van der Waals surface area contributed by atoms with Gasteiger partial charge in [0.05, 0.1) is 5.69 Å². The predicted molar refractivity (Wildman–Crippen MR) is 85.7 cm³/mol. The van der Waals surface area contributed by atoms with Crippen LogP contribution >= 0.6 is 11.3 Å². The SMILES string of the molecule is Cc1csc(S(C)(=O)=Nc2ccc(-c3noc(C)n3)cc2)n1. The first-order valence-corrected chi connectivity index (χ1v) is 9.29. The number of nitrogens with zero attached hydrogens (tertiary/aromatic N) is 4. The molecule has 0 aliphatic carbocycles. The van der Waals surface area contributed by atoms with E-state index in [0.29, 0.717) is 21.7 Å². The number of aromatic nitrogens is 3. The molecule has 2 heterocycles. The van der Waals surface area contributed by atoms with Crippen molar-refractivity contribution in [3.8, 4) is 11.4 Å². The van der Waals surface area contributed by atoms with Crippen LogP contribution in [0.2, 0.25) is 0 Å². The zero-order valence-corrected chi connectivity index (χ0v) is 13.9. The van der Waals surface area contributed by atoms with Crippen LogP contribution in [0.5, 0.6) is 0 Å². The van der Waals surface area contributed by atoms with Gasteiger partial charge < -0.3 is 4.52 Å². The van der Waals surface area contributed by atoms with Crippen molar-refractivity contribution in [3.63, 3.8) is 0 Å². The van der Waals surface area contributed by atoms with E-state index in [0.717, 1.165) is 11.3 Å². The van der Waals surface area contributed by atoms with Gasteiger partial charge in [-0.2, -0.15) is 9.35 Å². The van der Waals surface area contributed by atoms with Gasteiger partial charge in [0.15, 0.2) is 4.34 Å². The number of hydrogen-bond donors (Lipinski definition) is 0. The summed E-state index contributed by atoms with van der Waals surface area (Å²) in [4.78, 5) is 8.43. The van der Waals surface area contributed by atoms with Crippen LogP contribution in [0.4, 0.5) is 5.69 Å². The van der Waals surface area contributed by atoms with Crippen LogP contribution in [-0.4, -0.2) is 25.6 Å². The predicted octanol–water partition coefficient (Wildman–Crippen LogP) is 3.60. The monoisotopic (exact) mass is 334 g/mol. The molecule has 8 heteroatoms. The molecule has 0 spiro atoms. The maximum absolute atomic E-state index is 12.7. The number of benzene rings is 1. The Morgan fingerprint density at radius 1 is 1.18 bits per heavy atom. The van der Waals surface area contributed by atoms with Gasteiger partial charge in [-0.25, -0.2) is 9.19 Å². The quantitative estimate of drug-likeness (QED) is 0.731. The third-order valence-corrected chi connectivity index (χ3v) is 6.12. The van der Waals surface area contributed by atoms with E-state index in [4.69, 9.17) is 4.52 Å². The molecule has 3 rings (SSSR count). The van der Waals surface area contributed by atoms with Gasteiger partial charge in [0.1, 0.15) is 9.73 Å². The lowest BCUT2D eigenvalue weighted by Gasteiger charge is -2.01. The van der Waals surface area contributed by atoms with Crippen LogP contribution in [-0.2, 0) is 9.73 Å². The summed E-state index contributed by atoms with van der Waals surface area (Å²) in [6, 6.07) is 7.22. The van der Waals surface area contributed by atoms with Crippen LogP contribution in [0.15, 0.2) is 42.9 Å². The minimum absolute atomic E-state index is 0.513. The maximum atomic E-state index is 12.7. The smallest absolute Gasteiger partial charge is 0.223 e. The van der Waals surface area contributed by atoms with Gasteiger partial charge in [-0.15, -0.1) is 11.3 Å². The lowest BCUT2D eigenvalue weighted by molar-refractivity contribution is 0.394. The highest BCUT2D eigenvalue weighted by atomic mass is 32.2. The molecule has 2 aromatic heterocycles. The standard InChI is InChI=1S/C14H14N4O2S2/c1-9-8-21-14(15-9)22(3,19)18-12-6-4-11(5-7-12)13-16-10(2)20-17-13/h4-8H,1-3H3. The van der Waals surface area contributed by atoms with E-state index in [2.05, 4.69) is 19.5 Å². The minimum Gasteiger partial charge on any atom is -0.339 e. The number of thiazole rings is 1. The highest BCUT2D eigenvalue weighted by molar-refractivity contribution is 7.94. The van der Waals surface area contributed by atoms with Crippen LogP contribution in [0, 0.1) is 13.8 Å². The molecule has 0 radical (unpaired) electrons. The van der Waals surface area contributed by atoms with E-state index in [9.17, 15) is 4.21 Å². The van der Waals surface area contributed by atoms with Crippen molar-refractivity contribution in [1.82, 2.24) is 15.1 Å². The third-order valence-electron chi connectivity index (χ3n) is 2.85. The molecule has 0 aliphatic rings. The molecule has 0 fully saturated rings. The highest BCUT2D eigenvalue weighted by Crippen LogP contribution is 2.24. The van der Waals surface area contributed by atoms with Gasteiger partial charge in [0.25, 0.3) is 0 Å². The largest absolute Gasteiger partial charge is 0.339 e. The van der Waals surface area contributed by atoms with Crippen molar-refractivity contribution in [2.45, 2.75) is 18.2 Å². The van der Waals surface area contributed by atoms with E-state index < -0.39 is 9.73 Å². The van der Waals surface area contributed by atoms with Gasteiger partial charge in [0, 0.05) is 29.8 Å². The first-order valence-electron chi connectivity index (χ1n) is 6.49. The van der Waals surface area contributed by atoms with Crippen molar-refractivity contribution in [1.29, 1.82) is 0 Å². The van der Waals surface area contributed by atoms with Gasteiger partial charge >= 0.3 is 0 Å². The molecule has 1 unspecified atom stereocenters. The lowest BCUT2D eigenvalue weighted by Crippen LogP contribution is -1.96. The molecule has 0 saturated heterocycles. The van der Waals surface area contributed by atoms with E-state index in [1.807, 2.05) is 24.4 Å². The van der Waals surface area contributed by atoms with Crippen molar-refractivity contribution < 1.29 is 8.73 Å². The number of aryl methyl sites for hydroxylation is 2. The Hall–Kier alpha value is -2.06. The molecule has 0 aliphatic heterocycles. The first kappa shape index (κ1) is 14.9. The second-order valence-corrected chi connectivity index (χ2v) is 8.12. The summed E-state index contributed by atoms with van der Waals surface area (Å²) in [6.07, 6.45) is 1.60. The van der Waals surface area contributed by atoms with Crippen molar-refractivity contribution in [2.24, 2.45) is 4.36 Å². The molecule has 114 valence electrons. The van der Waals surface area contributed by atoms with Crippen LogP contribution < -0.4 is 0 Å². The second kappa shape index (κ2) is 5.62. The zero-order chi connectivity index (χ0) is 15.7. The molecule has 0 saturated carbocycles. The Kier molecular flexibility index (Phi) is 3.79. The first-order chi connectivity index (χ1) is 10.4. The summed E-state index contributed by atoms with van der Waals surface area (Å²) in [7, 11) is -2.53. The average Bonchev–Trinajstić information content (AvgIpc) is 3.08. The molecule has 1 aromatic carbocycles. The molecule has 0 N–H and O–H groups in total. The fourth-order valence-corrected chi connectivity index (χ4v) is 4.24. The van der Waals surface area contributed by atoms with E-state index in [1.54, 1.807) is 25.3 Å². The highest BCUT2D eigenvalue weighted by Gasteiger charge is 2.11. The van der Waals surface area contributed by atoms with Crippen molar-refractivity contribution in [3.05, 3.63) is 41.2 Å². The van der Waals surface area contributed by atoms with Crippen molar-refractivity contribution >= 4 is 26.8 Å². The second-order valence-electron chi connectivity index (χ2n) is 4.83. The topological polar surface area (TPSA) is 81.2 Å². The van der Waals surface area contributed by atoms with Crippen LogP contribution in [0.25, 0.3) is 11.4 Å². The lowest BCUT2D eigenvalue weighted by atomic mass is 10.2. The number of rotatable bonds is 3. The summed E-state index contributed by atoms with van der Waals surface area (Å²) >= 11 is 1.37. The molecular formula is C14H14N4O2S2. The Morgan fingerprint density at radius 3 is 2.45 bits per heavy atom. The van der Waals surface area contributed by atoms with Gasteiger partial charge in [-0.05, 0) is 31.2 Å². The Bertz CT molecular complexity index is 918. The third kappa shape index (κ3) is 3.07. The minimum atomic E-state index is -2.53.